The van der Waals surface area contributed by atoms with Crippen LogP contribution in [0.15, 0.2) is 42.6 Å². The van der Waals surface area contributed by atoms with Gasteiger partial charge in [0.1, 0.15) is 5.15 Å². The van der Waals surface area contributed by atoms with E-state index < -0.39 is 0 Å². The summed E-state index contributed by atoms with van der Waals surface area (Å²) in [7, 11) is 0. The highest BCUT2D eigenvalue weighted by Gasteiger charge is 2.09. The van der Waals surface area contributed by atoms with E-state index in [2.05, 4.69) is 15.8 Å². The van der Waals surface area contributed by atoms with Crippen molar-refractivity contribution < 1.29 is 4.79 Å². The Hall–Kier alpha value is -2.07. The van der Waals surface area contributed by atoms with E-state index in [0.717, 1.165) is 11.3 Å². The molecule has 0 aliphatic rings. The second-order valence-corrected chi connectivity index (χ2v) is 4.15. The number of pyridine rings is 1. The lowest BCUT2D eigenvalue weighted by atomic mass is 10.2. The van der Waals surface area contributed by atoms with E-state index in [1.165, 1.54) is 6.20 Å². The first kappa shape index (κ1) is 12.4. The SMILES string of the molecule is Cc1cccc(NNC(=O)c2cccnc2Cl)c1. The second-order valence-electron chi connectivity index (χ2n) is 3.79. The molecule has 92 valence electrons. The molecule has 2 rings (SSSR count). The molecule has 1 aromatic heterocycles. The van der Waals surface area contributed by atoms with E-state index in [1.54, 1.807) is 12.1 Å². The normalized spacial score (nSPS) is 9.89. The van der Waals surface area contributed by atoms with Gasteiger partial charge in [-0.1, -0.05) is 23.7 Å². The Morgan fingerprint density at radius 2 is 2.11 bits per heavy atom. The number of nitrogens with one attached hydrogen (secondary N) is 2. The molecule has 0 spiro atoms. The number of halogens is 1. The van der Waals surface area contributed by atoms with Gasteiger partial charge >= 0.3 is 0 Å². The number of anilines is 1. The van der Waals surface area contributed by atoms with Gasteiger partial charge in [0.15, 0.2) is 0 Å². The first-order valence-electron chi connectivity index (χ1n) is 5.40. The van der Waals surface area contributed by atoms with Gasteiger partial charge in [-0.05, 0) is 36.8 Å². The van der Waals surface area contributed by atoms with Crippen molar-refractivity contribution in [2.75, 3.05) is 5.43 Å². The quantitative estimate of drug-likeness (QED) is 0.660. The molecule has 0 unspecified atom stereocenters. The van der Waals surface area contributed by atoms with Crippen LogP contribution in [0.25, 0.3) is 0 Å². The van der Waals surface area contributed by atoms with Gasteiger partial charge in [0.2, 0.25) is 0 Å². The van der Waals surface area contributed by atoms with Crippen molar-refractivity contribution in [3.8, 4) is 0 Å². The van der Waals surface area contributed by atoms with Crippen molar-refractivity contribution in [2.45, 2.75) is 6.92 Å². The topological polar surface area (TPSA) is 54.0 Å². The number of carbonyl (C=O) groups is 1. The lowest BCUT2D eigenvalue weighted by Gasteiger charge is -2.09. The van der Waals surface area contributed by atoms with Crippen molar-refractivity contribution in [3.63, 3.8) is 0 Å². The molecule has 18 heavy (non-hydrogen) atoms. The molecule has 0 radical (unpaired) electrons. The average molecular weight is 262 g/mol. The zero-order chi connectivity index (χ0) is 13.0. The third kappa shape index (κ3) is 2.99. The van der Waals surface area contributed by atoms with Gasteiger partial charge in [0.05, 0.1) is 11.3 Å². The van der Waals surface area contributed by atoms with Gasteiger partial charge < -0.3 is 0 Å². The van der Waals surface area contributed by atoms with Crippen molar-refractivity contribution in [1.29, 1.82) is 0 Å². The largest absolute Gasteiger partial charge is 0.298 e. The lowest BCUT2D eigenvalue weighted by molar-refractivity contribution is 0.0962. The molecule has 1 heterocycles. The number of nitrogens with zero attached hydrogens (tertiary/aromatic N) is 1. The molecule has 0 aliphatic carbocycles. The Morgan fingerprint density at radius 1 is 1.28 bits per heavy atom. The molecule has 4 nitrogen and oxygen atoms in total. The molecule has 0 saturated carbocycles. The number of aromatic nitrogens is 1. The number of aryl methyl sites for hydroxylation is 1. The van der Waals surface area contributed by atoms with Gasteiger partial charge in [-0.3, -0.25) is 15.6 Å². The highest BCUT2D eigenvalue weighted by molar-refractivity contribution is 6.32. The summed E-state index contributed by atoms with van der Waals surface area (Å²) in [6.45, 7) is 1.98. The molecule has 0 atom stereocenters. The minimum absolute atomic E-state index is 0.182. The molecule has 0 fully saturated rings. The van der Waals surface area contributed by atoms with E-state index >= 15 is 0 Å². The minimum Gasteiger partial charge on any atom is -0.298 e. The molecular weight excluding hydrogens is 250 g/mol. The van der Waals surface area contributed by atoms with Crippen LogP contribution in [0.5, 0.6) is 0 Å². The standard InChI is InChI=1S/C13H12ClN3O/c1-9-4-2-5-10(8-9)16-17-13(18)11-6-3-7-15-12(11)14/h2-8,16H,1H3,(H,17,18). The van der Waals surface area contributed by atoms with Crippen molar-refractivity contribution in [3.05, 3.63) is 58.9 Å². The fourth-order valence-corrected chi connectivity index (χ4v) is 1.68. The number of hydrogen-bond acceptors (Lipinski definition) is 3. The van der Waals surface area contributed by atoms with Crippen LogP contribution in [0.2, 0.25) is 5.15 Å². The maximum Gasteiger partial charge on any atom is 0.272 e. The molecule has 1 amide bonds. The summed E-state index contributed by atoms with van der Waals surface area (Å²) in [5, 5.41) is 0.182. The van der Waals surface area contributed by atoms with Crippen LogP contribution in [-0.4, -0.2) is 10.9 Å². The molecule has 0 aliphatic heterocycles. The van der Waals surface area contributed by atoms with E-state index in [4.69, 9.17) is 11.6 Å². The maximum atomic E-state index is 11.8. The monoisotopic (exact) mass is 261 g/mol. The maximum absolute atomic E-state index is 11.8. The van der Waals surface area contributed by atoms with E-state index in [-0.39, 0.29) is 11.1 Å². The number of hydrogen-bond donors (Lipinski definition) is 2. The zero-order valence-electron chi connectivity index (χ0n) is 9.77. The Morgan fingerprint density at radius 3 is 2.83 bits per heavy atom. The Bertz CT molecular complexity index is 572. The summed E-state index contributed by atoms with van der Waals surface area (Å²) in [4.78, 5) is 15.7. The van der Waals surface area contributed by atoms with Crippen LogP contribution in [-0.2, 0) is 0 Å². The fraction of sp³-hybridized carbons (Fsp3) is 0.0769. The van der Waals surface area contributed by atoms with Crippen LogP contribution in [0.3, 0.4) is 0 Å². The van der Waals surface area contributed by atoms with E-state index in [9.17, 15) is 4.79 Å². The van der Waals surface area contributed by atoms with Gasteiger partial charge in [0, 0.05) is 6.20 Å². The average Bonchev–Trinajstić information content (AvgIpc) is 2.37. The van der Waals surface area contributed by atoms with Gasteiger partial charge in [-0.15, -0.1) is 0 Å². The first-order chi connectivity index (χ1) is 8.66. The first-order valence-corrected chi connectivity index (χ1v) is 5.78. The number of amides is 1. The molecular formula is C13H12ClN3O. The lowest BCUT2D eigenvalue weighted by Crippen LogP contribution is -2.29. The third-order valence-electron chi connectivity index (χ3n) is 2.34. The Labute approximate surface area is 110 Å². The van der Waals surface area contributed by atoms with Crippen LogP contribution in [0.4, 0.5) is 5.69 Å². The van der Waals surface area contributed by atoms with Crippen LogP contribution < -0.4 is 10.9 Å². The third-order valence-corrected chi connectivity index (χ3v) is 2.64. The molecule has 0 saturated heterocycles. The Kier molecular flexibility index (Phi) is 3.79. The summed E-state index contributed by atoms with van der Waals surface area (Å²) >= 11 is 5.83. The molecule has 2 aromatic rings. The zero-order valence-corrected chi connectivity index (χ0v) is 10.5. The van der Waals surface area contributed by atoms with Crippen molar-refractivity contribution >= 4 is 23.2 Å². The number of rotatable bonds is 3. The molecule has 1 aromatic carbocycles. The smallest absolute Gasteiger partial charge is 0.272 e. The van der Waals surface area contributed by atoms with E-state index in [0.29, 0.717) is 5.56 Å². The summed E-state index contributed by atoms with van der Waals surface area (Å²) in [5.41, 5.74) is 7.64. The molecule has 5 heteroatoms. The highest BCUT2D eigenvalue weighted by Crippen LogP contribution is 2.12. The highest BCUT2D eigenvalue weighted by atomic mass is 35.5. The van der Waals surface area contributed by atoms with Crippen molar-refractivity contribution in [1.82, 2.24) is 10.4 Å². The predicted octanol–water partition coefficient (Wildman–Crippen LogP) is 2.80. The molecule has 0 bridgehead atoms. The van der Waals surface area contributed by atoms with Gasteiger partial charge in [-0.25, -0.2) is 4.98 Å². The van der Waals surface area contributed by atoms with Crippen LogP contribution in [0, 0.1) is 6.92 Å². The summed E-state index contributed by atoms with van der Waals surface area (Å²) < 4.78 is 0. The Balaban J connectivity index is 2.03. The van der Waals surface area contributed by atoms with Crippen molar-refractivity contribution in [2.24, 2.45) is 0 Å². The second kappa shape index (κ2) is 5.51. The summed E-state index contributed by atoms with van der Waals surface area (Å²) in [6, 6.07) is 10.9. The van der Waals surface area contributed by atoms with Gasteiger partial charge in [-0.2, -0.15) is 0 Å². The van der Waals surface area contributed by atoms with E-state index in [1.807, 2.05) is 31.2 Å². The molecule has 2 N–H and O–H groups in total. The number of carbonyl (C=O) groups excluding carboxylic acids is 1. The predicted molar refractivity (Wildman–Crippen MR) is 71.5 cm³/mol. The number of benzene rings is 1. The van der Waals surface area contributed by atoms with Crippen LogP contribution >= 0.6 is 11.6 Å². The summed E-state index contributed by atoms with van der Waals surface area (Å²) in [5.74, 6) is -0.324. The minimum atomic E-state index is -0.324. The van der Waals surface area contributed by atoms with Gasteiger partial charge in [0.25, 0.3) is 5.91 Å². The fourth-order valence-electron chi connectivity index (χ4n) is 1.47. The number of hydrazine groups is 1. The summed E-state index contributed by atoms with van der Waals surface area (Å²) in [6.07, 6.45) is 1.53. The van der Waals surface area contributed by atoms with Crippen LogP contribution in [0.1, 0.15) is 15.9 Å².